The second-order valence-electron chi connectivity index (χ2n) is 5.81. The van der Waals surface area contributed by atoms with E-state index in [2.05, 4.69) is 11.9 Å². The van der Waals surface area contributed by atoms with Crippen LogP contribution in [0.2, 0.25) is 0 Å². The van der Waals surface area contributed by atoms with Crippen molar-refractivity contribution in [3.05, 3.63) is 54.6 Å². The topological polar surface area (TPSA) is 51.1 Å². The SMILES string of the molecule is CC[C@H]1CSC(=Nc2ccccc2)N1C(=O)COc1ccccc1OC. The number of methoxy groups -OCH3 is 1. The van der Waals surface area contributed by atoms with Crippen LogP contribution in [0, 0.1) is 0 Å². The van der Waals surface area contributed by atoms with Crippen molar-refractivity contribution in [1.29, 1.82) is 0 Å². The van der Waals surface area contributed by atoms with Crippen molar-refractivity contribution in [3.63, 3.8) is 0 Å². The van der Waals surface area contributed by atoms with Gasteiger partial charge in [0.15, 0.2) is 23.3 Å². The van der Waals surface area contributed by atoms with E-state index >= 15 is 0 Å². The molecule has 1 heterocycles. The quantitative estimate of drug-likeness (QED) is 0.768. The van der Waals surface area contributed by atoms with Crippen molar-refractivity contribution in [2.45, 2.75) is 19.4 Å². The molecule has 0 N–H and O–H groups in total. The fourth-order valence-electron chi connectivity index (χ4n) is 2.73. The van der Waals surface area contributed by atoms with E-state index in [9.17, 15) is 4.79 Å². The highest BCUT2D eigenvalue weighted by Crippen LogP contribution is 2.30. The minimum Gasteiger partial charge on any atom is -0.493 e. The molecule has 1 atom stereocenters. The van der Waals surface area contributed by atoms with E-state index in [1.54, 1.807) is 29.8 Å². The van der Waals surface area contributed by atoms with E-state index in [-0.39, 0.29) is 18.6 Å². The van der Waals surface area contributed by atoms with Gasteiger partial charge in [-0.2, -0.15) is 0 Å². The minimum atomic E-state index is -0.0950. The summed E-state index contributed by atoms with van der Waals surface area (Å²) in [6, 6.07) is 17.1. The Bertz CT molecular complexity index is 780. The first-order valence-electron chi connectivity index (χ1n) is 8.57. The number of hydrogen-bond donors (Lipinski definition) is 0. The molecule has 0 aliphatic carbocycles. The lowest BCUT2D eigenvalue weighted by molar-refractivity contribution is -0.130. The molecular formula is C20H22N2O3S. The van der Waals surface area contributed by atoms with Crippen molar-refractivity contribution < 1.29 is 14.3 Å². The molecule has 0 unspecified atom stereocenters. The summed E-state index contributed by atoms with van der Waals surface area (Å²) in [6.45, 7) is 2.03. The highest BCUT2D eigenvalue weighted by Gasteiger charge is 2.34. The zero-order chi connectivity index (χ0) is 18.4. The Kier molecular flexibility index (Phi) is 6.17. The lowest BCUT2D eigenvalue weighted by Gasteiger charge is -2.23. The van der Waals surface area contributed by atoms with Gasteiger partial charge in [-0.25, -0.2) is 4.99 Å². The van der Waals surface area contributed by atoms with Crippen LogP contribution in [0.25, 0.3) is 0 Å². The normalized spacial score (nSPS) is 18.2. The van der Waals surface area contributed by atoms with E-state index < -0.39 is 0 Å². The maximum atomic E-state index is 12.9. The van der Waals surface area contributed by atoms with Crippen LogP contribution in [0.3, 0.4) is 0 Å². The fourth-order valence-corrected chi connectivity index (χ4v) is 4.01. The van der Waals surface area contributed by atoms with Crippen molar-refractivity contribution in [3.8, 4) is 11.5 Å². The van der Waals surface area contributed by atoms with Crippen LogP contribution in [-0.2, 0) is 4.79 Å². The van der Waals surface area contributed by atoms with Gasteiger partial charge >= 0.3 is 0 Å². The summed E-state index contributed by atoms with van der Waals surface area (Å²) < 4.78 is 11.0. The van der Waals surface area contributed by atoms with Gasteiger partial charge in [-0.1, -0.05) is 49.0 Å². The summed E-state index contributed by atoms with van der Waals surface area (Å²) in [4.78, 5) is 19.3. The van der Waals surface area contributed by atoms with Gasteiger partial charge in [0.1, 0.15) is 0 Å². The molecule has 136 valence electrons. The van der Waals surface area contributed by atoms with Gasteiger partial charge in [0.05, 0.1) is 12.8 Å². The summed E-state index contributed by atoms with van der Waals surface area (Å²) in [6.07, 6.45) is 0.876. The van der Waals surface area contributed by atoms with Crippen LogP contribution in [0.1, 0.15) is 13.3 Å². The minimum absolute atomic E-state index is 0.0504. The third-order valence-corrected chi connectivity index (χ3v) is 5.21. The molecule has 26 heavy (non-hydrogen) atoms. The number of amides is 1. The zero-order valence-corrected chi connectivity index (χ0v) is 15.7. The number of amidine groups is 1. The molecule has 2 aromatic rings. The van der Waals surface area contributed by atoms with Crippen LogP contribution in [0.5, 0.6) is 11.5 Å². The molecule has 1 aliphatic heterocycles. The highest BCUT2D eigenvalue weighted by atomic mass is 32.2. The molecule has 1 saturated heterocycles. The Labute approximate surface area is 158 Å². The van der Waals surface area contributed by atoms with Gasteiger partial charge in [0.2, 0.25) is 0 Å². The Morgan fingerprint density at radius 1 is 1.15 bits per heavy atom. The number of aliphatic imine (C=N–C) groups is 1. The number of nitrogens with zero attached hydrogens (tertiary/aromatic N) is 2. The summed E-state index contributed by atoms with van der Waals surface area (Å²) in [5.74, 6) is 1.93. The molecule has 1 fully saturated rings. The van der Waals surface area contributed by atoms with Gasteiger partial charge in [-0.3, -0.25) is 9.69 Å². The van der Waals surface area contributed by atoms with Crippen LogP contribution >= 0.6 is 11.8 Å². The van der Waals surface area contributed by atoms with Crippen LogP contribution in [0.15, 0.2) is 59.6 Å². The molecule has 0 saturated carbocycles. The van der Waals surface area contributed by atoms with Gasteiger partial charge in [0, 0.05) is 11.8 Å². The third-order valence-electron chi connectivity index (χ3n) is 4.12. The monoisotopic (exact) mass is 370 g/mol. The van der Waals surface area contributed by atoms with Crippen molar-refractivity contribution in [1.82, 2.24) is 4.90 Å². The first-order valence-corrected chi connectivity index (χ1v) is 9.56. The number of carbonyl (C=O) groups excluding carboxylic acids is 1. The molecular weight excluding hydrogens is 348 g/mol. The van der Waals surface area contributed by atoms with E-state index in [0.717, 1.165) is 23.0 Å². The number of benzene rings is 2. The molecule has 1 amide bonds. The largest absolute Gasteiger partial charge is 0.493 e. The Hall–Kier alpha value is -2.47. The predicted octanol–water partition coefficient (Wildman–Crippen LogP) is 4.12. The lowest BCUT2D eigenvalue weighted by Crippen LogP contribution is -2.41. The van der Waals surface area contributed by atoms with Crippen molar-refractivity contribution in [2.24, 2.45) is 4.99 Å². The average molecular weight is 370 g/mol. The molecule has 1 aliphatic rings. The Morgan fingerprint density at radius 2 is 1.85 bits per heavy atom. The smallest absolute Gasteiger partial charge is 0.266 e. The molecule has 5 nitrogen and oxygen atoms in total. The second-order valence-corrected chi connectivity index (χ2v) is 6.79. The maximum Gasteiger partial charge on any atom is 0.266 e. The van der Waals surface area contributed by atoms with Gasteiger partial charge in [-0.15, -0.1) is 0 Å². The maximum absolute atomic E-state index is 12.9. The fraction of sp³-hybridized carbons (Fsp3) is 0.300. The van der Waals surface area contributed by atoms with Crippen LogP contribution < -0.4 is 9.47 Å². The molecule has 0 bridgehead atoms. The van der Waals surface area contributed by atoms with E-state index in [0.29, 0.717) is 11.5 Å². The van der Waals surface area contributed by atoms with E-state index in [1.807, 2.05) is 48.5 Å². The Morgan fingerprint density at radius 3 is 2.54 bits per heavy atom. The molecule has 3 rings (SSSR count). The van der Waals surface area contributed by atoms with Gasteiger partial charge < -0.3 is 9.47 Å². The summed E-state index contributed by atoms with van der Waals surface area (Å²) in [5, 5.41) is 0.733. The molecule has 0 spiro atoms. The zero-order valence-electron chi connectivity index (χ0n) is 14.9. The molecule has 0 radical (unpaired) electrons. The predicted molar refractivity (Wildman–Crippen MR) is 105 cm³/mol. The van der Waals surface area contributed by atoms with E-state index in [4.69, 9.17) is 9.47 Å². The first kappa shape index (κ1) is 18.3. The second kappa shape index (κ2) is 8.76. The van der Waals surface area contributed by atoms with Crippen molar-refractivity contribution in [2.75, 3.05) is 19.5 Å². The first-order chi connectivity index (χ1) is 12.7. The van der Waals surface area contributed by atoms with Gasteiger partial charge in [0.25, 0.3) is 5.91 Å². The molecule has 0 aromatic heterocycles. The molecule has 2 aromatic carbocycles. The van der Waals surface area contributed by atoms with Crippen LogP contribution in [-0.4, -0.2) is 41.5 Å². The number of hydrogen-bond acceptors (Lipinski definition) is 5. The number of thioether (sulfide) groups is 1. The average Bonchev–Trinajstić information content (AvgIpc) is 3.09. The summed E-state index contributed by atoms with van der Waals surface area (Å²) in [7, 11) is 1.58. The number of ether oxygens (including phenoxy) is 2. The number of rotatable bonds is 6. The summed E-state index contributed by atoms with van der Waals surface area (Å²) in [5.41, 5.74) is 0.843. The molecule has 6 heteroatoms. The van der Waals surface area contributed by atoms with Crippen LogP contribution in [0.4, 0.5) is 5.69 Å². The Balaban J connectivity index is 1.75. The lowest BCUT2D eigenvalue weighted by atomic mass is 10.2. The van der Waals surface area contributed by atoms with Gasteiger partial charge in [-0.05, 0) is 30.7 Å². The van der Waals surface area contributed by atoms with Crippen molar-refractivity contribution >= 4 is 28.5 Å². The number of carbonyl (C=O) groups is 1. The standard InChI is InChI=1S/C20H22N2O3S/c1-3-16-14-26-20(21-15-9-5-4-6-10-15)22(16)19(23)13-25-18-12-8-7-11-17(18)24-2/h4-12,16H,3,13-14H2,1-2H3/t16-/m0/s1. The summed E-state index contributed by atoms with van der Waals surface area (Å²) >= 11 is 1.61. The highest BCUT2D eigenvalue weighted by molar-refractivity contribution is 8.14. The van der Waals surface area contributed by atoms with E-state index in [1.165, 1.54) is 0 Å². The number of para-hydroxylation sites is 3. The third kappa shape index (κ3) is 4.19.